The van der Waals surface area contributed by atoms with Crippen LogP contribution in [-0.4, -0.2) is 17.6 Å². The number of thiophene rings is 1. The van der Waals surface area contributed by atoms with Crippen LogP contribution in [0.3, 0.4) is 0 Å². The second-order valence-electron chi connectivity index (χ2n) is 8.89. The third-order valence-corrected chi connectivity index (χ3v) is 8.08. The largest absolute Gasteiger partial charge is 0.353 e. The third-order valence-electron chi connectivity index (χ3n) is 6.13. The molecule has 3 N–H and O–H groups in total. The molecule has 0 radical (unpaired) electrons. The van der Waals surface area contributed by atoms with Crippen molar-refractivity contribution in [1.29, 1.82) is 5.26 Å². The van der Waals surface area contributed by atoms with Crippen molar-refractivity contribution in [2.45, 2.75) is 33.6 Å². The van der Waals surface area contributed by atoms with Crippen molar-refractivity contribution in [3.63, 3.8) is 0 Å². The second-order valence-corrected chi connectivity index (χ2v) is 10.9. The van der Waals surface area contributed by atoms with Gasteiger partial charge in [0.1, 0.15) is 0 Å². The number of allylic oxidation sites excluding steroid dienone is 2. The topological polar surface area (TPSA) is 94.0 Å². The molecule has 188 valence electrons. The summed E-state index contributed by atoms with van der Waals surface area (Å²) in [5, 5.41) is 21.9. The van der Waals surface area contributed by atoms with Crippen molar-refractivity contribution < 1.29 is 9.59 Å². The maximum absolute atomic E-state index is 13.5. The quantitative estimate of drug-likeness (QED) is 0.331. The molecule has 1 aliphatic rings. The zero-order valence-electron chi connectivity index (χ0n) is 21.1. The molecule has 0 unspecified atom stereocenters. The number of benzene rings is 2. The first-order valence-electron chi connectivity index (χ1n) is 11.8. The molecule has 6 nitrogen and oxygen atoms in total. The van der Waals surface area contributed by atoms with Gasteiger partial charge in [0.15, 0.2) is 0 Å². The zero-order chi connectivity index (χ0) is 26.5. The van der Waals surface area contributed by atoms with Crippen molar-refractivity contribution in [1.82, 2.24) is 5.32 Å². The standard InChI is InChI=1S/C29H28N4O2S2/c1-17-11-12-19(3)23(14-17)32-25(34)16-37-29-21(15-30)27(24-10-7-13-36-24)26(20(4)31-29)28(35)33-22-9-6-5-8-18(22)2/h5-14,27,31H,16H2,1-4H3,(H,32,34)(H,33,35)/t27-/m0/s1. The molecule has 1 aromatic heterocycles. The number of amides is 2. The average Bonchev–Trinajstić information content (AvgIpc) is 3.40. The summed E-state index contributed by atoms with van der Waals surface area (Å²) in [5.41, 5.74) is 6.07. The number of anilines is 2. The number of hydrogen-bond donors (Lipinski definition) is 3. The lowest BCUT2D eigenvalue weighted by atomic mass is 9.86. The van der Waals surface area contributed by atoms with Crippen molar-refractivity contribution >= 4 is 46.3 Å². The van der Waals surface area contributed by atoms with E-state index in [2.05, 4.69) is 22.0 Å². The van der Waals surface area contributed by atoms with Crippen LogP contribution in [0, 0.1) is 32.1 Å². The van der Waals surface area contributed by atoms with Gasteiger partial charge in [-0.2, -0.15) is 5.26 Å². The van der Waals surface area contributed by atoms with E-state index in [-0.39, 0.29) is 17.6 Å². The summed E-state index contributed by atoms with van der Waals surface area (Å²) in [7, 11) is 0. The predicted molar refractivity (Wildman–Crippen MR) is 152 cm³/mol. The molecule has 8 heteroatoms. The van der Waals surface area contributed by atoms with Crippen molar-refractivity contribution in [2.75, 3.05) is 16.4 Å². The van der Waals surface area contributed by atoms with Gasteiger partial charge in [-0.05, 0) is 68.0 Å². The van der Waals surface area contributed by atoms with Gasteiger partial charge in [-0.1, -0.05) is 48.2 Å². The highest BCUT2D eigenvalue weighted by Gasteiger charge is 2.35. The molecule has 2 aromatic carbocycles. The number of para-hydroxylation sites is 1. The van der Waals surface area contributed by atoms with Crippen molar-refractivity contribution in [2.24, 2.45) is 0 Å². The Bertz CT molecular complexity index is 1450. The van der Waals surface area contributed by atoms with Crippen molar-refractivity contribution in [3.8, 4) is 6.07 Å². The van der Waals surface area contributed by atoms with Gasteiger partial charge in [0.2, 0.25) is 5.91 Å². The fourth-order valence-corrected chi connectivity index (χ4v) is 5.90. The number of nitrogens with one attached hydrogen (secondary N) is 3. The van der Waals surface area contributed by atoms with Crippen LogP contribution in [-0.2, 0) is 9.59 Å². The predicted octanol–water partition coefficient (Wildman–Crippen LogP) is 6.38. The van der Waals surface area contributed by atoms with Crippen LogP contribution >= 0.6 is 23.1 Å². The number of hydrogen-bond acceptors (Lipinski definition) is 6. The molecule has 0 fully saturated rings. The van der Waals surface area contributed by atoms with Crippen LogP contribution in [0.5, 0.6) is 0 Å². The summed E-state index contributed by atoms with van der Waals surface area (Å²) in [4.78, 5) is 27.2. The minimum absolute atomic E-state index is 0.121. The molecular formula is C29H28N4O2S2. The fraction of sp³-hybridized carbons (Fsp3) is 0.207. The van der Waals surface area contributed by atoms with Gasteiger partial charge in [-0.3, -0.25) is 9.59 Å². The van der Waals surface area contributed by atoms with E-state index in [0.29, 0.717) is 21.9 Å². The van der Waals surface area contributed by atoms with Crippen molar-refractivity contribution in [3.05, 3.63) is 103 Å². The van der Waals surface area contributed by atoms with E-state index in [1.54, 1.807) is 0 Å². The number of nitriles is 1. The molecule has 0 saturated carbocycles. The zero-order valence-corrected chi connectivity index (χ0v) is 22.8. The van der Waals surface area contributed by atoms with E-state index in [0.717, 1.165) is 32.9 Å². The Morgan fingerprint density at radius 3 is 2.46 bits per heavy atom. The van der Waals surface area contributed by atoms with Gasteiger partial charge in [0.05, 0.1) is 28.3 Å². The van der Waals surface area contributed by atoms with E-state index < -0.39 is 5.92 Å². The Hall–Kier alpha value is -3.80. The number of aryl methyl sites for hydroxylation is 3. The first-order chi connectivity index (χ1) is 17.8. The van der Waals surface area contributed by atoms with Crippen LogP contribution < -0.4 is 16.0 Å². The van der Waals surface area contributed by atoms with Gasteiger partial charge >= 0.3 is 0 Å². The highest BCUT2D eigenvalue weighted by molar-refractivity contribution is 8.03. The molecule has 3 aromatic rings. The molecule has 0 saturated heterocycles. The van der Waals surface area contributed by atoms with E-state index in [1.165, 1.54) is 23.1 Å². The lowest BCUT2D eigenvalue weighted by Crippen LogP contribution is -2.31. The van der Waals surface area contributed by atoms with Gasteiger partial charge in [0, 0.05) is 27.5 Å². The first kappa shape index (κ1) is 26.3. The maximum atomic E-state index is 13.5. The average molecular weight is 529 g/mol. The Morgan fingerprint density at radius 1 is 1.00 bits per heavy atom. The molecule has 37 heavy (non-hydrogen) atoms. The summed E-state index contributed by atoms with van der Waals surface area (Å²) in [6.07, 6.45) is 0. The minimum Gasteiger partial charge on any atom is -0.353 e. The van der Waals surface area contributed by atoms with Crippen LogP contribution in [0.15, 0.2) is 81.8 Å². The molecule has 0 bridgehead atoms. The molecule has 0 aliphatic carbocycles. The van der Waals surface area contributed by atoms with Crippen LogP contribution in [0.1, 0.15) is 34.4 Å². The van der Waals surface area contributed by atoms with Crippen LogP contribution in [0.2, 0.25) is 0 Å². The Labute approximate surface area is 225 Å². The van der Waals surface area contributed by atoms with Gasteiger partial charge in [-0.25, -0.2) is 0 Å². The number of nitrogens with zero attached hydrogens (tertiary/aromatic N) is 1. The number of rotatable bonds is 7. The van der Waals surface area contributed by atoms with Gasteiger partial charge < -0.3 is 16.0 Å². The summed E-state index contributed by atoms with van der Waals surface area (Å²) in [5.74, 6) is -0.833. The third kappa shape index (κ3) is 5.96. The number of dihydropyridines is 1. The molecule has 0 spiro atoms. The molecule has 2 amide bonds. The molecule has 4 rings (SSSR count). The maximum Gasteiger partial charge on any atom is 0.254 e. The summed E-state index contributed by atoms with van der Waals surface area (Å²) < 4.78 is 0. The van der Waals surface area contributed by atoms with Crippen LogP contribution in [0.25, 0.3) is 0 Å². The minimum atomic E-state index is -0.528. The lowest BCUT2D eigenvalue weighted by molar-refractivity contribution is -0.114. The Kier molecular flexibility index (Phi) is 8.17. The first-order valence-corrected chi connectivity index (χ1v) is 13.7. The summed E-state index contributed by atoms with van der Waals surface area (Å²) in [6.45, 7) is 7.70. The van der Waals surface area contributed by atoms with E-state index in [1.807, 2.05) is 87.7 Å². The Balaban J connectivity index is 1.59. The van der Waals surface area contributed by atoms with Gasteiger partial charge in [0.25, 0.3) is 5.91 Å². The summed E-state index contributed by atoms with van der Waals surface area (Å²) >= 11 is 2.76. The molecular weight excluding hydrogens is 500 g/mol. The molecule has 1 atom stereocenters. The highest BCUT2D eigenvalue weighted by Crippen LogP contribution is 2.42. The monoisotopic (exact) mass is 528 g/mol. The van der Waals surface area contributed by atoms with E-state index in [4.69, 9.17) is 0 Å². The molecule has 2 heterocycles. The fourth-order valence-electron chi connectivity index (χ4n) is 4.16. The number of carbonyl (C=O) groups is 2. The number of thioether (sulfide) groups is 1. The summed E-state index contributed by atoms with van der Waals surface area (Å²) in [6, 6.07) is 19.7. The SMILES string of the molecule is CC1=C(C(=O)Nc2ccccc2C)[C@H](c2cccs2)C(C#N)=C(SCC(=O)Nc2cc(C)ccc2C)N1. The second kappa shape index (κ2) is 11.5. The van der Waals surface area contributed by atoms with Gasteiger partial charge in [-0.15, -0.1) is 11.3 Å². The van der Waals surface area contributed by atoms with E-state index >= 15 is 0 Å². The Morgan fingerprint density at radius 2 is 1.76 bits per heavy atom. The normalized spacial score (nSPS) is 15.2. The number of carbonyl (C=O) groups excluding carboxylic acids is 2. The smallest absolute Gasteiger partial charge is 0.254 e. The highest BCUT2D eigenvalue weighted by atomic mass is 32.2. The lowest BCUT2D eigenvalue weighted by Gasteiger charge is -2.29. The molecule has 1 aliphatic heterocycles. The van der Waals surface area contributed by atoms with Crippen LogP contribution in [0.4, 0.5) is 11.4 Å². The van der Waals surface area contributed by atoms with E-state index in [9.17, 15) is 14.9 Å².